The first-order valence-electron chi connectivity index (χ1n) is 5.63. The fraction of sp³-hybridized carbons (Fsp3) is 0.500. The summed E-state index contributed by atoms with van der Waals surface area (Å²) in [5, 5.41) is 0. The van der Waals surface area contributed by atoms with E-state index in [4.69, 9.17) is 4.43 Å². The first kappa shape index (κ1) is 14.2. The van der Waals surface area contributed by atoms with Gasteiger partial charge < -0.3 is 4.43 Å². The van der Waals surface area contributed by atoms with Crippen molar-refractivity contribution in [1.82, 2.24) is 0 Å². The van der Waals surface area contributed by atoms with Gasteiger partial charge in [0, 0.05) is 12.7 Å². The van der Waals surface area contributed by atoms with Gasteiger partial charge in [-0.25, -0.2) is 13.2 Å². The predicted molar refractivity (Wildman–Crippen MR) is 63.9 cm³/mol. The third-order valence-electron chi connectivity index (χ3n) is 2.62. The van der Waals surface area contributed by atoms with Crippen LogP contribution in [0.2, 0.25) is 19.1 Å². The molecule has 0 spiro atoms. The van der Waals surface area contributed by atoms with Crippen LogP contribution in [0.15, 0.2) is 12.1 Å². The van der Waals surface area contributed by atoms with Gasteiger partial charge in [0.1, 0.15) is 5.82 Å². The Morgan fingerprint density at radius 1 is 1.06 bits per heavy atom. The molecule has 5 heteroatoms. The first-order valence-corrected chi connectivity index (χ1v) is 8.74. The van der Waals surface area contributed by atoms with Gasteiger partial charge in [0.25, 0.3) is 0 Å². The molecule has 0 amide bonds. The van der Waals surface area contributed by atoms with Gasteiger partial charge in [-0.2, -0.15) is 0 Å². The van der Waals surface area contributed by atoms with Gasteiger partial charge in [-0.1, -0.05) is 0 Å². The van der Waals surface area contributed by atoms with Gasteiger partial charge in [0.2, 0.25) is 0 Å². The molecule has 0 saturated carbocycles. The first-order chi connectivity index (χ1) is 7.85. The summed E-state index contributed by atoms with van der Waals surface area (Å²) in [6.45, 7) is 6.58. The van der Waals surface area contributed by atoms with Crippen molar-refractivity contribution >= 4 is 8.32 Å². The lowest BCUT2D eigenvalue weighted by Crippen LogP contribution is -2.30. The average Bonchev–Trinajstić information content (AvgIpc) is 2.21. The van der Waals surface area contributed by atoms with E-state index >= 15 is 0 Å². The molecule has 0 heterocycles. The van der Waals surface area contributed by atoms with E-state index in [1.165, 1.54) is 0 Å². The van der Waals surface area contributed by atoms with Gasteiger partial charge in [-0.15, -0.1) is 0 Å². The fourth-order valence-electron chi connectivity index (χ4n) is 1.65. The summed E-state index contributed by atoms with van der Waals surface area (Å²) >= 11 is 0. The van der Waals surface area contributed by atoms with Crippen LogP contribution in [0.5, 0.6) is 0 Å². The van der Waals surface area contributed by atoms with Crippen molar-refractivity contribution < 1.29 is 17.6 Å². The molecule has 17 heavy (non-hydrogen) atoms. The number of halogens is 3. The maximum absolute atomic E-state index is 13.4. The van der Waals surface area contributed by atoms with E-state index < -0.39 is 25.8 Å². The molecular weight excluding hydrogens is 245 g/mol. The van der Waals surface area contributed by atoms with Crippen molar-refractivity contribution in [3.63, 3.8) is 0 Å². The minimum absolute atomic E-state index is 0.212. The third kappa shape index (κ3) is 4.16. The van der Waals surface area contributed by atoms with Gasteiger partial charge in [-0.3, -0.25) is 0 Å². The van der Waals surface area contributed by atoms with Crippen LogP contribution in [0.1, 0.15) is 12.5 Å². The minimum Gasteiger partial charge on any atom is -0.418 e. The summed E-state index contributed by atoms with van der Waals surface area (Å²) in [7, 11) is -1.82. The zero-order valence-corrected chi connectivity index (χ0v) is 11.3. The Kier molecular flexibility index (Phi) is 4.77. The summed E-state index contributed by atoms with van der Waals surface area (Å²) in [5.74, 6) is -2.84. The smallest absolute Gasteiger partial charge is 0.187 e. The Morgan fingerprint density at radius 2 is 1.65 bits per heavy atom. The molecule has 0 aliphatic heterocycles. The molecule has 1 aromatic carbocycles. The monoisotopic (exact) mass is 262 g/mol. The summed E-state index contributed by atoms with van der Waals surface area (Å²) in [6, 6.07) is 2.21. The molecule has 1 rings (SSSR count). The van der Waals surface area contributed by atoms with Crippen molar-refractivity contribution in [2.75, 3.05) is 6.61 Å². The van der Waals surface area contributed by atoms with Crippen molar-refractivity contribution in [2.24, 2.45) is 0 Å². The largest absolute Gasteiger partial charge is 0.418 e. The van der Waals surface area contributed by atoms with E-state index in [1.54, 1.807) is 0 Å². The third-order valence-corrected chi connectivity index (χ3v) is 5.15. The highest BCUT2D eigenvalue weighted by atomic mass is 28.4. The van der Waals surface area contributed by atoms with Crippen LogP contribution in [0.4, 0.5) is 13.2 Å². The lowest BCUT2D eigenvalue weighted by atomic mass is 10.1. The fourth-order valence-corrected chi connectivity index (χ4v) is 3.45. The van der Waals surface area contributed by atoms with Crippen molar-refractivity contribution in [3.05, 3.63) is 35.1 Å². The molecule has 0 aliphatic rings. The van der Waals surface area contributed by atoms with Gasteiger partial charge in [-0.05, 0) is 44.1 Å². The van der Waals surface area contributed by atoms with Crippen molar-refractivity contribution in [3.8, 4) is 0 Å². The Morgan fingerprint density at radius 3 is 2.24 bits per heavy atom. The summed E-state index contributed by atoms with van der Waals surface area (Å²) in [5.41, 5.74) is 0.212. The molecule has 1 nitrogen and oxygen atoms in total. The average molecular weight is 262 g/mol. The molecule has 0 bridgehead atoms. The van der Waals surface area contributed by atoms with Crippen LogP contribution < -0.4 is 0 Å². The zero-order valence-electron chi connectivity index (χ0n) is 10.3. The van der Waals surface area contributed by atoms with E-state index in [-0.39, 0.29) is 5.56 Å². The highest BCUT2D eigenvalue weighted by Crippen LogP contribution is 2.19. The number of hydrogen-bond donors (Lipinski definition) is 0. The van der Waals surface area contributed by atoms with E-state index in [1.807, 2.05) is 20.0 Å². The molecule has 0 saturated heterocycles. The molecule has 0 atom stereocenters. The molecule has 0 aliphatic carbocycles. The topological polar surface area (TPSA) is 9.23 Å². The standard InChI is InChI=1S/C12H17F3OSi/c1-4-16-17(2,3)6-5-9-7-11(14)12(15)8-10(9)13/h7-8H,4-6H2,1-3H3. The van der Waals surface area contributed by atoms with Crippen LogP contribution in [0.25, 0.3) is 0 Å². The van der Waals surface area contributed by atoms with Crippen LogP contribution in [-0.2, 0) is 10.8 Å². The zero-order chi connectivity index (χ0) is 13.1. The highest BCUT2D eigenvalue weighted by molar-refractivity contribution is 6.71. The number of hydrogen-bond acceptors (Lipinski definition) is 1. The summed E-state index contributed by atoms with van der Waals surface area (Å²) in [6.07, 6.45) is 0.377. The Balaban J connectivity index is 2.73. The molecule has 0 aromatic heterocycles. The van der Waals surface area contributed by atoms with E-state index in [9.17, 15) is 13.2 Å². The highest BCUT2D eigenvalue weighted by Gasteiger charge is 2.22. The minimum atomic E-state index is -1.82. The quantitative estimate of drug-likeness (QED) is 0.578. The lowest BCUT2D eigenvalue weighted by molar-refractivity contribution is 0.328. The van der Waals surface area contributed by atoms with Gasteiger partial charge in [0.05, 0.1) is 0 Å². The Hall–Kier alpha value is -0.813. The van der Waals surface area contributed by atoms with E-state index in [0.717, 1.165) is 6.07 Å². The van der Waals surface area contributed by atoms with E-state index in [2.05, 4.69) is 0 Å². The summed E-state index contributed by atoms with van der Waals surface area (Å²) < 4.78 is 44.6. The molecule has 0 unspecified atom stereocenters. The Labute approximate surface area is 101 Å². The van der Waals surface area contributed by atoms with E-state index in [0.29, 0.717) is 25.1 Å². The van der Waals surface area contributed by atoms with Crippen LogP contribution in [0.3, 0.4) is 0 Å². The normalized spacial score (nSPS) is 11.9. The SMILES string of the molecule is CCO[Si](C)(C)CCc1cc(F)c(F)cc1F. The van der Waals surface area contributed by atoms with Crippen LogP contribution in [0, 0.1) is 17.5 Å². The number of rotatable bonds is 5. The predicted octanol–water partition coefficient (Wildman–Crippen LogP) is 3.89. The molecule has 1 aromatic rings. The maximum Gasteiger partial charge on any atom is 0.187 e. The molecule has 0 N–H and O–H groups in total. The molecule has 0 radical (unpaired) electrons. The van der Waals surface area contributed by atoms with Gasteiger partial charge >= 0.3 is 0 Å². The molecular formula is C12H17F3OSi. The van der Waals surface area contributed by atoms with Gasteiger partial charge in [0.15, 0.2) is 20.0 Å². The summed E-state index contributed by atoms with van der Waals surface area (Å²) in [4.78, 5) is 0. The second-order valence-corrected chi connectivity index (χ2v) is 8.86. The molecule has 0 fully saturated rings. The number of aryl methyl sites for hydroxylation is 1. The number of benzene rings is 1. The van der Waals surface area contributed by atoms with Crippen LogP contribution in [-0.4, -0.2) is 14.9 Å². The van der Waals surface area contributed by atoms with Crippen LogP contribution >= 0.6 is 0 Å². The lowest BCUT2D eigenvalue weighted by Gasteiger charge is -2.21. The van der Waals surface area contributed by atoms with Crippen molar-refractivity contribution in [1.29, 1.82) is 0 Å². The Bertz CT molecular complexity index is 394. The van der Waals surface area contributed by atoms with Crippen molar-refractivity contribution in [2.45, 2.75) is 32.5 Å². The maximum atomic E-state index is 13.4. The second-order valence-electron chi connectivity index (χ2n) is 4.55. The second kappa shape index (κ2) is 5.69. The molecule has 96 valence electrons.